The zero-order chi connectivity index (χ0) is 15.2. The van der Waals surface area contributed by atoms with E-state index < -0.39 is 21.7 Å². The molecule has 0 unspecified atom stereocenters. The third-order valence-electron chi connectivity index (χ3n) is 2.26. The van der Waals surface area contributed by atoms with Gasteiger partial charge in [-0.3, -0.25) is 9.52 Å². The Bertz CT molecular complexity index is 569. The second-order valence-corrected chi connectivity index (χ2v) is 5.82. The highest BCUT2D eigenvalue weighted by molar-refractivity contribution is 7.93. The number of rotatable bonds is 8. The number of benzene rings is 1. The second-order valence-electron chi connectivity index (χ2n) is 4.10. The lowest BCUT2D eigenvalue weighted by Crippen LogP contribution is -2.22. The normalized spacial score (nSPS) is 11.1. The van der Waals surface area contributed by atoms with E-state index in [1.165, 1.54) is 13.2 Å². The highest BCUT2D eigenvalue weighted by Gasteiger charge is 2.17. The van der Waals surface area contributed by atoms with Crippen molar-refractivity contribution in [3.8, 4) is 5.75 Å². The number of aryl methyl sites for hydroxylation is 1. The molecule has 0 aliphatic rings. The van der Waals surface area contributed by atoms with E-state index in [0.29, 0.717) is 12.4 Å². The van der Waals surface area contributed by atoms with E-state index in [0.717, 1.165) is 5.56 Å². The number of hydrogen-bond acceptors (Lipinski definition) is 5. The molecule has 0 aromatic heterocycles. The molecule has 0 amide bonds. The van der Waals surface area contributed by atoms with Gasteiger partial charge < -0.3 is 14.6 Å². The van der Waals surface area contributed by atoms with Crippen molar-refractivity contribution in [2.45, 2.75) is 6.92 Å². The molecule has 1 aromatic carbocycles. The maximum absolute atomic E-state index is 11.6. The molecule has 1 rings (SSSR count). The van der Waals surface area contributed by atoms with Crippen LogP contribution >= 0.6 is 0 Å². The largest absolute Gasteiger partial charge is 0.489 e. The minimum absolute atomic E-state index is 0.202. The quantitative estimate of drug-likeness (QED) is 0.690. The van der Waals surface area contributed by atoms with E-state index in [2.05, 4.69) is 4.72 Å². The van der Waals surface area contributed by atoms with Crippen LogP contribution in [0.5, 0.6) is 5.75 Å². The molecule has 20 heavy (non-hydrogen) atoms. The number of carboxylic acids is 1. The van der Waals surface area contributed by atoms with Gasteiger partial charge in [-0.2, -0.15) is 0 Å². The van der Waals surface area contributed by atoms with Crippen LogP contribution < -0.4 is 9.46 Å². The van der Waals surface area contributed by atoms with Gasteiger partial charge in [0, 0.05) is 7.11 Å². The van der Waals surface area contributed by atoms with Crippen LogP contribution in [-0.4, -0.2) is 45.6 Å². The van der Waals surface area contributed by atoms with Gasteiger partial charge in [0.15, 0.2) is 5.75 Å². The van der Waals surface area contributed by atoms with Crippen molar-refractivity contribution in [2.75, 3.05) is 30.8 Å². The first-order chi connectivity index (χ1) is 9.34. The number of ether oxygens (including phenoxy) is 2. The van der Waals surface area contributed by atoms with Crippen molar-refractivity contribution in [2.24, 2.45) is 0 Å². The number of sulfonamides is 1. The zero-order valence-corrected chi connectivity index (χ0v) is 12.1. The van der Waals surface area contributed by atoms with Crippen LogP contribution in [0.2, 0.25) is 0 Å². The molecule has 0 heterocycles. The topological polar surface area (TPSA) is 102 Å². The Labute approximate surface area is 117 Å². The van der Waals surface area contributed by atoms with Gasteiger partial charge in [0.25, 0.3) is 0 Å². The molecular weight excluding hydrogens is 286 g/mol. The smallest absolute Gasteiger partial charge is 0.320 e. The average Bonchev–Trinajstić information content (AvgIpc) is 2.31. The van der Waals surface area contributed by atoms with E-state index in [4.69, 9.17) is 14.6 Å². The van der Waals surface area contributed by atoms with Gasteiger partial charge in [-0.25, -0.2) is 8.42 Å². The first-order valence-corrected chi connectivity index (χ1v) is 7.44. The second kappa shape index (κ2) is 7.11. The summed E-state index contributed by atoms with van der Waals surface area (Å²) in [5, 5.41) is 8.55. The lowest BCUT2D eigenvalue weighted by Gasteiger charge is -2.13. The Hall–Kier alpha value is -1.80. The van der Waals surface area contributed by atoms with Crippen molar-refractivity contribution in [3.63, 3.8) is 0 Å². The van der Waals surface area contributed by atoms with Crippen molar-refractivity contribution in [1.82, 2.24) is 0 Å². The van der Waals surface area contributed by atoms with Crippen LogP contribution in [0.25, 0.3) is 0 Å². The number of hydrogen-bond donors (Lipinski definition) is 2. The molecule has 0 aliphatic carbocycles. The average molecular weight is 303 g/mol. The van der Waals surface area contributed by atoms with Gasteiger partial charge >= 0.3 is 5.97 Å². The Kier molecular flexibility index (Phi) is 5.78. The molecule has 0 bridgehead atoms. The molecule has 0 atom stereocenters. The molecule has 0 saturated heterocycles. The number of anilines is 1. The standard InChI is InChI=1S/C12H17NO6S/c1-9-3-4-10(11(7-9)19-6-5-18-2)13-20(16,17)8-12(14)15/h3-4,7,13H,5-6,8H2,1-2H3,(H,14,15). The summed E-state index contributed by atoms with van der Waals surface area (Å²) in [6, 6.07) is 4.88. The van der Waals surface area contributed by atoms with E-state index in [9.17, 15) is 13.2 Å². The molecule has 7 nitrogen and oxygen atoms in total. The van der Waals surface area contributed by atoms with Crippen molar-refractivity contribution < 1.29 is 27.8 Å². The van der Waals surface area contributed by atoms with Gasteiger partial charge in [0.05, 0.1) is 12.3 Å². The van der Waals surface area contributed by atoms with E-state index in [1.54, 1.807) is 12.1 Å². The highest BCUT2D eigenvalue weighted by Crippen LogP contribution is 2.26. The van der Waals surface area contributed by atoms with Gasteiger partial charge in [0.2, 0.25) is 10.0 Å². The summed E-state index contributed by atoms with van der Waals surface area (Å²) < 4.78 is 35.7. The van der Waals surface area contributed by atoms with E-state index in [1.807, 2.05) is 6.92 Å². The molecule has 112 valence electrons. The molecule has 0 radical (unpaired) electrons. The molecule has 1 aromatic rings. The fourth-order valence-corrected chi connectivity index (χ4v) is 2.34. The van der Waals surface area contributed by atoms with Crippen LogP contribution in [0.1, 0.15) is 5.56 Å². The maximum Gasteiger partial charge on any atom is 0.320 e. The summed E-state index contributed by atoms with van der Waals surface area (Å²) in [6.07, 6.45) is 0. The Morgan fingerprint density at radius 1 is 1.35 bits per heavy atom. The summed E-state index contributed by atoms with van der Waals surface area (Å²) in [7, 11) is -2.44. The SMILES string of the molecule is COCCOc1cc(C)ccc1NS(=O)(=O)CC(=O)O. The number of methoxy groups -OCH3 is 1. The van der Waals surface area contributed by atoms with Crippen LogP contribution in [0.4, 0.5) is 5.69 Å². The summed E-state index contributed by atoms with van der Waals surface area (Å²) in [5.41, 5.74) is 1.09. The van der Waals surface area contributed by atoms with Crippen LogP contribution in [0, 0.1) is 6.92 Å². The van der Waals surface area contributed by atoms with Crippen LogP contribution in [0.15, 0.2) is 18.2 Å². The van der Waals surface area contributed by atoms with Gasteiger partial charge in [-0.15, -0.1) is 0 Å². The summed E-state index contributed by atoms with van der Waals surface area (Å²) in [6.45, 7) is 2.45. The minimum Gasteiger partial charge on any atom is -0.489 e. The van der Waals surface area contributed by atoms with Crippen molar-refractivity contribution in [1.29, 1.82) is 0 Å². The number of aliphatic carboxylic acids is 1. The highest BCUT2D eigenvalue weighted by atomic mass is 32.2. The first kappa shape index (κ1) is 16.3. The molecule has 8 heteroatoms. The molecule has 0 spiro atoms. The summed E-state index contributed by atoms with van der Waals surface area (Å²) in [5.74, 6) is -2.10. The third kappa shape index (κ3) is 5.45. The third-order valence-corrected chi connectivity index (χ3v) is 3.42. The summed E-state index contributed by atoms with van der Waals surface area (Å²) in [4.78, 5) is 10.5. The van der Waals surface area contributed by atoms with Crippen LogP contribution in [0.3, 0.4) is 0 Å². The molecule has 0 aliphatic heterocycles. The predicted molar refractivity (Wildman–Crippen MR) is 73.6 cm³/mol. The Balaban J connectivity index is 2.90. The molecule has 0 fully saturated rings. The monoisotopic (exact) mass is 303 g/mol. The van der Waals surface area contributed by atoms with Crippen molar-refractivity contribution in [3.05, 3.63) is 23.8 Å². The zero-order valence-electron chi connectivity index (χ0n) is 11.3. The van der Waals surface area contributed by atoms with E-state index in [-0.39, 0.29) is 12.3 Å². The van der Waals surface area contributed by atoms with Gasteiger partial charge in [-0.1, -0.05) is 6.07 Å². The fraction of sp³-hybridized carbons (Fsp3) is 0.417. The number of carboxylic acid groups (broad SMARTS) is 1. The summed E-state index contributed by atoms with van der Waals surface area (Å²) >= 11 is 0. The maximum atomic E-state index is 11.6. The number of carbonyl (C=O) groups is 1. The number of nitrogens with one attached hydrogen (secondary N) is 1. The van der Waals surface area contributed by atoms with Crippen LogP contribution in [-0.2, 0) is 19.6 Å². The fourth-order valence-electron chi connectivity index (χ4n) is 1.43. The minimum atomic E-state index is -3.96. The van der Waals surface area contributed by atoms with Gasteiger partial charge in [-0.05, 0) is 24.6 Å². The predicted octanol–water partition coefficient (Wildman–Crippen LogP) is 0.847. The molecular formula is C12H17NO6S. The lowest BCUT2D eigenvalue weighted by molar-refractivity contribution is -0.134. The molecule has 0 saturated carbocycles. The molecule has 2 N–H and O–H groups in total. The Morgan fingerprint density at radius 2 is 2.05 bits per heavy atom. The first-order valence-electron chi connectivity index (χ1n) is 5.79. The lowest BCUT2D eigenvalue weighted by atomic mass is 10.2. The van der Waals surface area contributed by atoms with Gasteiger partial charge in [0.1, 0.15) is 12.4 Å². The van der Waals surface area contributed by atoms with Crippen molar-refractivity contribution >= 4 is 21.7 Å². The van der Waals surface area contributed by atoms with E-state index >= 15 is 0 Å². The Morgan fingerprint density at radius 3 is 2.65 bits per heavy atom.